The lowest BCUT2D eigenvalue weighted by Gasteiger charge is -2.19. The van der Waals surface area contributed by atoms with E-state index in [9.17, 15) is 4.79 Å². The summed E-state index contributed by atoms with van der Waals surface area (Å²) in [5, 5.41) is 5.34. The minimum Gasteiger partial charge on any atom is -0.383 e. The summed E-state index contributed by atoms with van der Waals surface area (Å²) in [4.78, 5) is 13.4. The van der Waals surface area contributed by atoms with Crippen LogP contribution in [0.25, 0.3) is 0 Å². The van der Waals surface area contributed by atoms with Crippen molar-refractivity contribution in [2.45, 2.75) is 0 Å². The first-order valence-electron chi connectivity index (χ1n) is 4.40. The molecular formula is C8H12ClN3O2S. The summed E-state index contributed by atoms with van der Waals surface area (Å²) >= 11 is 6.77. The van der Waals surface area contributed by atoms with Crippen LogP contribution in [0.5, 0.6) is 0 Å². The second kappa shape index (κ2) is 6.71. The van der Waals surface area contributed by atoms with Gasteiger partial charge < -0.3 is 9.64 Å². The van der Waals surface area contributed by atoms with E-state index in [0.29, 0.717) is 31.3 Å². The maximum atomic E-state index is 11.8. The highest BCUT2D eigenvalue weighted by Gasteiger charge is 2.17. The van der Waals surface area contributed by atoms with Gasteiger partial charge in [-0.15, -0.1) is 16.7 Å². The largest absolute Gasteiger partial charge is 0.383 e. The van der Waals surface area contributed by atoms with Crippen LogP contribution in [0.3, 0.4) is 0 Å². The molecule has 0 aromatic carbocycles. The number of hydrogen-bond acceptors (Lipinski definition) is 5. The van der Waals surface area contributed by atoms with Crippen molar-refractivity contribution in [1.82, 2.24) is 14.5 Å². The van der Waals surface area contributed by atoms with E-state index in [2.05, 4.69) is 9.59 Å². The Bertz CT molecular complexity index is 294. The standard InChI is InChI=1S/C8H12ClN3O2S/c1-14-5-4-12(3-2-9)8(13)7-6-15-11-10-7/h6H,2-5H2,1H3. The molecule has 0 radical (unpaired) electrons. The summed E-state index contributed by atoms with van der Waals surface area (Å²) in [5.74, 6) is 0.244. The minimum atomic E-state index is -0.151. The number of carbonyl (C=O) groups is 1. The van der Waals surface area contributed by atoms with Crippen LogP contribution in [0, 0.1) is 0 Å². The van der Waals surface area contributed by atoms with Crippen LogP contribution < -0.4 is 0 Å². The number of ether oxygens (including phenoxy) is 1. The van der Waals surface area contributed by atoms with Crippen LogP contribution in [0.15, 0.2) is 5.38 Å². The van der Waals surface area contributed by atoms with Crippen LogP contribution in [-0.2, 0) is 4.74 Å². The molecule has 1 aromatic rings. The van der Waals surface area contributed by atoms with Crippen molar-refractivity contribution in [3.8, 4) is 0 Å². The van der Waals surface area contributed by atoms with Gasteiger partial charge in [-0.05, 0) is 11.5 Å². The summed E-state index contributed by atoms with van der Waals surface area (Å²) < 4.78 is 8.56. The van der Waals surface area contributed by atoms with Gasteiger partial charge in [-0.1, -0.05) is 4.49 Å². The predicted molar refractivity (Wildman–Crippen MR) is 58.4 cm³/mol. The molecule has 0 aliphatic rings. The Morgan fingerprint density at radius 3 is 3.00 bits per heavy atom. The highest BCUT2D eigenvalue weighted by atomic mass is 35.5. The molecule has 1 aromatic heterocycles. The third kappa shape index (κ3) is 3.73. The van der Waals surface area contributed by atoms with E-state index in [1.807, 2.05) is 0 Å². The molecule has 0 N–H and O–H groups in total. The molecule has 1 amide bonds. The number of hydrogen-bond donors (Lipinski definition) is 0. The summed E-state index contributed by atoms with van der Waals surface area (Å²) in [5.41, 5.74) is 0.362. The van der Waals surface area contributed by atoms with E-state index < -0.39 is 0 Å². The van der Waals surface area contributed by atoms with E-state index in [0.717, 1.165) is 11.5 Å². The average Bonchev–Trinajstić information content (AvgIpc) is 2.76. The van der Waals surface area contributed by atoms with Gasteiger partial charge in [0, 0.05) is 31.5 Å². The highest BCUT2D eigenvalue weighted by molar-refractivity contribution is 7.03. The Kier molecular flexibility index (Phi) is 5.52. The van der Waals surface area contributed by atoms with E-state index >= 15 is 0 Å². The Hall–Kier alpha value is -0.720. The van der Waals surface area contributed by atoms with Crippen molar-refractivity contribution in [2.24, 2.45) is 0 Å². The molecule has 0 bridgehead atoms. The molecule has 84 valence electrons. The summed E-state index contributed by atoms with van der Waals surface area (Å²) in [6.07, 6.45) is 0. The molecule has 0 aliphatic heterocycles. The first kappa shape index (κ1) is 12.4. The monoisotopic (exact) mass is 249 g/mol. The molecule has 0 atom stereocenters. The Labute approximate surface area is 97.1 Å². The fourth-order valence-electron chi connectivity index (χ4n) is 1.04. The van der Waals surface area contributed by atoms with Crippen molar-refractivity contribution < 1.29 is 9.53 Å². The molecule has 0 fully saturated rings. The molecule has 0 aliphatic carbocycles. The lowest BCUT2D eigenvalue weighted by Crippen LogP contribution is -2.35. The maximum absolute atomic E-state index is 11.8. The number of amides is 1. The van der Waals surface area contributed by atoms with Crippen molar-refractivity contribution in [1.29, 1.82) is 0 Å². The highest BCUT2D eigenvalue weighted by Crippen LogP contribution is 2.03. The summed E-state index contributed by atoms with van der Waals surface area (Å²) in [6, 6.07) is 0. The van der Waals surface area contributed by atoms with E-state index in [1.165, 1.54) is 0 Å². The number of halogens is 1. The topological polar surface area (TPSA) is 55.3 Å². The third-order valence-electron chi connectivity index (χ3n) is 1.79. The zero-order chi connectivity index (χ0) is 11.1. The van der Waals surface area contributed by atoms with Crippen LogP contribution in [0.2, 0.25) is 0 Å². The van der Waals surface area contributed by atoms with Gasteiger partial charge in [0.1, 0.15) is 0 Å². The van der Waals surface area contributed by atoms with Gasteiger partial charge in [0.2, 0.25) is 0 Å². The molecule has 0 spiro atoms. The lowest BCUT2D eigenvalue weighted by molar-refractivity contribution is 0.0702. The zero-order valence-electron chi connectivity index (χ0n) is 8.35. The number of aromatic nitrogens is 2. The van der Waals surface area contributed by atoms with Crippen molar-refractivity contribution in [3.63, 3.8) is 0 Å². The second-order valence-corrected chi connectivity index (χ2v) is 3.75. The normalized spacial score (nSPS) is 10.3. The average molecular weight is 250 g/mol. The van der Waals surface area contributed by atoms with E-state index in [1.54, 1.807) is 17.4 Å². The summed E-state index contributed by atoms with van der Waals surface area (Å²) in [6.45, 7) is 1.49. The molecule has 0 saturated carbocycles. The van der Waals surface area contributed by atoms with E-state index in [-0.39, 0.29) is 5.91 Å². The number of rotatable bonds is 6. The zero-order valence-corrected chi connectivity index (χ0v) is 9.92. The third-order valence-corrected chi connectivity index (χ3v) is 2.46. The van der Waals surface area contributed by atoms with E-state index in [4.69, 9.17) is 16.3 Å². The SMILES string of the molecule is COCCN(CCCl)C(=O)c1csnn1. The van der Waals surface area contributed by atoms with Crippen molar-refractivity contribution >= 4 is 29.0 Å². The molecule has 0 unspecified atom stereocenters. The Morgan fingerprint density at radius 2 is 2.47 bits per heavy atom. The number of alkyl halides is 1. The van der Waals surface area contributed by atoms with Gasteiger partial charge in [0.25, 0.3) is 5.91 Å². The molecule has 1 rings (SSSR count). The lowest BCUT2D eigenvalue weighted by atomic mass is 10.4. The smallest absolute Gasteiger partial charge is 0.275 e. The fourth-order valence-corrected chi connectivity index (χ4v) is 1.67. The minimum absolute atomic E-state index is 0.151. The quantitative estimate of drug-likeness (QED) is 0.702. The van der Waals surface area contributed by atoms with Gasteiger partial charge in [0.05, 0.1) is 6.61 Å². The Morgan fingerprint density at radius 1 is 1.67 bits per heavy atom. The molecule has 15 heavy (non-hydrogen) atoms. The first-order chi connectivity index (χ1) is 7.29. The molecule has 7 heteroatoms. The van der Waals surface area contributed by atoms with Crippen LogP contribution in [0.1, 0.15) is 10.5 Å². The molecular weight excluding hydrogens is 238 g/mol. The van der Waals surface area contributed by atoms with Gasteiger partial charge in [-0.25, -0.2) is 0 Å². The van der Waals surface area contributed by atoms with Crippen molar-refractivity contribution in [2.75, 3.05) is 32.7 Å². The second-order valence-electron chi connectivity index (χ2n) is 2.76. The number of methoxy groups -OCH3 is 1. The number of nitrogens with zero attached hydrogens (tertiary/aromatic N) is 3. The van der Waals surface area contributed by atoms with Gasteiger partial charge in [-0.3, -0.25) is 4.79 Å². The Balaban J connectivity index is 2.58. The predicted octanol–water partition coefficient (Wildman–Crippen LogP) is 0.866. The molecule has 1 heterocycles. The summed E-state index contributed by atoms with van der Waals surface area (Å²) in [7, 11) is 1.59. The van der Waals surface area contributed by atoms with Crippen LogP contribution in [0.4, 0.5) is 0 Å². The van der Waals surface area contributed by atoms with Crippen molar-refractivity contribution in [3.05, 3.63) is 11.1 Å². The fraction of sp³-hybridized carbons (Fsp3) is 0.625. The molecule has 0 saturated heterocycles. The first-order valence-corrected chi connectivity index (χ1v) is 5.78. The number of carbonyl (C=O) groups excluding carboxylic acids is 1. The van der Waals surface area contributed by atoms with Crippen LogP contribution >= 0.6 is 23.1 Å². The van der Waals surface area contributed by atoms with Gasteiger partial charge in [-0.2, -0.15) is 0 Å². The van der Waals surface area contributed by atoms with Gasteiger partial charge >= 0.3 is 0 Å². The van der Waals surface area contributed by atoms with Gasteiger partial charge in [0.15, 0.2) is 5.69 Å². The van der Waals surface area contributed by atoms with Crippen LogP contribution in [-0.4, -0.2) is 53.1 Å². The maximum Gasteiger partial charge on any atom is 0.275 e. The molecule has 5 nitrogen and oxygen atoms in total.